The largest absolute Gasteiger partial charge is 0.508 e. The minimum atomic E-state index is -0.893. The lowest BCUT2D eigenvalue weighted by Gasteiger charge is -2.55. The van der Waals surface area contributed by atoms with Gasteiger partial charge in [0.25, 0.3) is 0 Å². The van der Waals surface area contributed by atoms with Gasteiger partial charge in [0.05, 0.1) is 0 Å². The fourth-order valence-electron chi connectivity index (χ4n) is 8.50. The van der Waals surface area contributed by atoms with Crippen LogP contribution in [0, 0.1) is 41.4 Å². The van der Waals surface area contributed by atoms with E-state index in [0.717, 1.165) is 51.4 Å². The summed E-state index contributed by atoms with van der Waals surface area (Å²) in [7, 11) is 0. The summed E-state index contributed by atoms with van der Waals surface area (Å²) in [6.07, 6.45) is 17.7. The summed E-state index contributed by atoms with van der Waals surface area (Å²) in [5.41, 5.74) is 17.4. The zero-order valence-corrected chi connectivity index (χ0v) is 26.4. The van der Waals surface area contributed by atoms with Crippen molar-refractivity contribution in [3.8, 4) is 18.1 Å². The minimum Gasteiger partial charge on any atom is -0.508 e. The second-order valence-electron chi connectivity index (χ2n) is 12.7. The molecule has 3 fully saturated rings. The number of benzene rings is 2. The first-order valence-corrected chi connectivity index (χ1v) is 16.2. The molecular weight excluding hydrogens is 562 g/mol. The van der Waals surface area contributed by atoms with Crippen LogP contribution in [-0.2, 0) is 11.2 Å². The Morgan fingerprint density at radius 3 is 2.24 bits per heavy atom. The smallest absolute Gasteiger partial charge is 0.218 e. The normalized spacial score (nSPS) is 29.9. The predicted octanol–water partition coefficient (Wildman–Crippen LogP) is 5.09. The Labute approximate surface area is 267 Å². The van der Waals surface area contributed by atoms with E-state index in [1.807, 2.05) is 42.5 Å². The highest BCUT2D eigenvalue weighted by atomic mass is 16.3. The number of ketones is 1. The van der Waals surface area contributed by atoms with Crippen molar-refractivity contribution < 1.29 is 15.0 Å². The van der Waals surface area contributed by atoms with Crippen LogP contribution in [0.5, 0.6) is 5.75 Å². The van der Waals surface area contributed by atoms with E-state index in [1.165, 1.54) is 24.0 Å². The number of rotatable bonds is 4. The lowest BCUT2D eigenvalue weighted by atomic mass is 9.49. The topological polar surface area (TPSA) is 160 Å². The molecule has 0 aromatic heterocycles. The minimum absolute atomic E-state index is 0.0609. The number of guanidine groups is 2. The number of terminal acetylenes is 1. The molecule has 6 rings (SSSR count). The Morgan fingerprint density at radius 1 is 0.956 bits per heavy atom. The molecule has 0 spiro atoms. The van der Waals surface area contributed by atoms with E-state index < -0.39 is 5.60 Å². The number of carbonyl (C=O) groups excluding carboxylic acids is 1. The summed E-state index contributed by atoms with van der Waals surface area (Å²) in [6, 6.07) is 18.7. The second-order valence-corrected chi connectivity index (χ2v) is 12.7. The number of carbonyl (C=O) groups is 1. The molecule has 0 radical (unpaired) electrons. The van der Waals surface area contributed by atoms with Gasteiger partial charge < -0.3 is 27.4 Å². The number of nitrogens with zero attached hydrogens (tertiary/aromatic N) is 2. The third kappa shape index (κ3) is 7.96. The van der Waals surface area contributed by atoms with Crippen molar-refractivity contribution >= 4 is 17.7 Å². The summed E-state index contributed by atoms with van der Waals surface area (Å²) >= 11 is 0. The van der Waals surface area contributed by atoms with Gasteiger partial charge >= 0.3 is 0 Å². The summed E-state index contributed by atoms with van der Waals surface area (Å²) in [5.74, 6) is 6.10. The van der Waals surface area contributed by atoms with Crippen molar-refractivity contribution in [2.24, 2.45) is 56.3 Å². The molecule has 3 saturated carbocycles. The van der Waals surface area contributed by atoms with Gasteiger partial charge in [-0.3, -0.25) is 9.79 Å². The fraction of sp³-hybridized carbons (Fsp3) is 0.486. The molecule has 8 nitrogen and oxygen atoms in total. The van der Waals surface area contributed by atoms with E-state index in [4.69, 9.17) is 28.7 Å². The number of phenols is 1. The molecule has 0 saturated heterocycles. The third-order valence-corrected chi connectivity index (χ3v) is 10.5. The summed E-state index contributed by atoms with van der Waals surface area (Å²) in [6.45, 7) is 2.79. The van der Waals surface area contributed by atoms with Crippen molar-refractivity contribution in [2.45, 2.75) is 76.7 Å². The number of para-hydroxylation sites is 1. The SMILES string of the molecule is C#C[C@]1(O)CC[C@H]2[C@@H]3CCC4=CC(=O)CC[C@@H]4[C@H]3CC[C@@]21CC.NC(N)=NC(N)=NCCc1ccccc1.Oc1ccccc1. The van der Waals surface area contributed by atoms with Gasteiger partial charge in [-0.2, -0.15) is 4.99 Å². The lowest BCUT2D eigenvalue weighted by Crippen LogP contribution is -2.53. The molecular formula is C37H49N5O3. The van der Waals surface area contributed by atoms with Gasteiger partial charge in [-0.1, -0.05) is 66.9 Å². The van der Waals surface area contributed by atoms with E-state index in [-0.39, 0.29) is 17.3 Å². The van der Waals surface area contributed by atoms with E-state index in [9.17, 15) is 9.90 Å². The Kier molecular flexibility index (Phi) is 11.5. The quantitative estimate of drug-likeness (QED) is 0.184. The molecule has 0 unspecified atom stereocenters. The van der Waals surface area contributed by atoms with Gasteiger partial charge in [-0.15, -0.1) is 6.42 Å². The number of allylic oxidation sites excluding steroid dienone is 1. The molecule has 0 bridgehead atoms. The standard InChI is InChI=1S/C21H28O2.C10H15N5.C6H6O/c1-3-20-11-9-17-16-8-6-15(22)13-14(16)5-7-18(17)19(20)10-12-21(20,23)4-2;11-9(12)15-10(13)14-7-6-8-4-2-1-3-5-8;7-6-4-2-1-3-5-6/h2,13,16-19,23H,3,5-12H2,1H3;1-5H,6-7H2,(H6,11,12,13,14,15);1-5,7H/t16-,17+,18+,19-,20-,21-;;/m0../s1. The fourth-order valence-corrected chi connectivity index (χ4v) is 8.50. The van der Waals surface area contributed by atoms with Crippen molar-refractivity contribution in [2.75, 3.05) is 6.54 Å². The average molecular weight is 612 g/mol. The maximum atomic E-state index is 11.8. The lowest BCUT2D eigenvalue weighted by molar-refractivity contribution is -0.117. The molecule has 0 aliphatic heterocycles. The number of hydrogen-bond acceptors (Lipinski definition) is 4. The molecule has 0 heterocycles. The Morgan fingerprint density at radius 2 is 1.64 bits per heavy atom. The molecule has 4 aliphatic carbocycles. The highest BCUT2D eigenvalue weighted by Gasteiger charge is 2.63. The number of fused-ring (bicyclic) bond motifs is 5. The van der Waals surface area contributed by atoms with Crippen molar-refractivity contribution in [3.05, 3.63) is 77.9 Å². The van der Waals surface area contributed by atoms with Gasteiger partial charge in [-0.05, 0) is 105 Å². The number of aliphatic imine (C=N–C) groups is 2. The molecule has 2 aromatic rings. The molecule has 8 heteroatoms. The maximum Gasteiger partial charge on any atom is 0.218 e. The molecule has 240 valence electrons. The molecule has 0 amide bonds. The van der Waals surface area contributed by atoms with Gasteiger partial charge in [0.1, 0.15) is 11.4 Å². The van der Waals surface area contributed by atoms with E-state index in [2.05, 4.69) is 22.8 Å². The zero-order valence-electron chi connectivity index (χ0n) is 26.4. The van der Waals surface area contributed by atoms with Gasteiger partial charge in [0.2, 0.25) is 5.96 Å². The second kappa shape index (κ2) is 15.3. The highest BCUT2D eigenvalue weighted by Crippen LogP contribution is 2.66. The van der Waals surface area contributed by atoms with Crippen LogP contribution in [0.25, 0.3) is 0 Å². The third-order valence-electron chi connectivity index (χ3n) is 10.5. The van der Waals surface area contributed by atoms with E-state index in [0.29, 0.717) is 41.7 Å². The first kappa shape index (κ1) is 33.8. The van der Waals surface area contributed by atoms with Crippen molar-refractivity contribution in [1.82, 2.24) is 0 Å². The number of aromatic hydroxyl groups is 1. The first-order chi connectivity index (χ1) is 21.6. The Balaban J connectivity index is 0.000000179. The van der Waals surface area contributed by atoms with Gasteiger partial charge in [0.15, 0.2) is 11.7 Å². The number of aliphatic hydroxyl groups is 1. The van der Waals surface area contributed by atoms with Crippen molar-refractivity contribution in [3.63, 3.8) is 0 Å². The monoisotopic (exact) mass is 611 g/mol. The van der Waals surface area contributed by atoms with Crippen LogP contribution in [0.2, 0.25) is 0 Å². The van der Waals surface area contributed by atoms with Crippen LogP contribution >= 0.6 is 0 Å². The van der Waals surface area contributed by atoms with Gasteiger partial charge in [0, 0.05) is 18.4 Å². The molecule has 45 heavy (non-hydrogen) atoms. The number of hydrogen-bond donors (Lipinski definition) is 5. The van der Waals surface area contributed by atoms with Crippen LogP contribution in [-0.4, -0.2) is 40.1 Å². The molecule has 4 aliphatic rings. The summed E-state index contributed by atoms with van der Waals surface area (Å²) in [5, 5.41) is 19.7. The molecule has 8 N–H and O–H groups in total. The highest BCUT2D eigenvalue weighted by molar-refractivity contribution is 5.92. The Bertz CT molecular complexity index is 1410. The van der Waals surface area contributed by atoms with E-state index >= 15 is 0 Å². The van der Waals surface area contributed by atoms with Gasteiger partial charge in [-0.25, -0.2) is 0 Å². The maximum absolute atomic E-state index is 11.8. The average Bonchev–Trinajstić information content (AvgIpc) is 3.35. The molecule has 2 aromatic carbocycles. The van der Waals surface area contributed by atoms with Crippen LogP contribution in [0.1, 0.15) is 70.3 Å². The van der Waals surface area contributed by atoms with Crippen LogP contribution in [0.15, 0.2) is 82.3 Å². The predicted molar refractivity (Wildman–Crippen MR) is 181 cm³/mol. The summed E-state index contributed by atoms with van der Waals surface area (Å²) in [4.78, 5) is 19.4. The summed E-state index contributed by atoms with van der Waals surface area (Å²) < 4.78 is 0. The van der Waals surface area contributed by atoms with Crippen LogP contribution < -0.4 is 17.2 Å². The van der Waals surface area contributed by atoms with Crippen LogP contribution in [0.3, 0.4) is 0 Å². The van der Waals surface area contributed by atoms with Crippen molar-refractivity contribution in [1.29, 1.82) is 0 Å². The number of nitrogens with two attached hydrogens (primary N) is 3. The zero-order chi connectivity index (χ0) is 32.5. The number of phenolic OH excluding ortho intramolecular Hbond substituents is 1. The van der Waals surface area contributed by atoms with E-state index in [1.54, 1.807) is 24.3 Å². The molecule has 6 atom stereocenters. The first-order valence-electron chi connectivity index (χ1n) is 16.2. The van der Waals surface area contributed by atoms with Crippen LogP contribution in [0.4, 0.5) is 0 Å². The Hall–Kier alpha value is -4.09.